The van der Waals surface area contributed by atoms with Crippen molar-refractivity contribution in [2.45, 2.75) is 20.8 Å². The topological polar surface area (TPSA) is 83.7 Å². The second-order valence-corrected chi connectivity index (χ2v) is 14.2. The number of fused-ring (bicyclic) bond motifs is 8. The summed E-state index contributed by atoms with van der Waals surface area (Å²) >= 11 is 0. The number of carbonyl (C=O) groups is 1. The van der Waals surface area contributed by atoms with E-state index < -0.39 is 0 Å². The zero-order valence-electron chi connectivity index (χ0n) is 31.1. The number of hydrogen-bond donors (Lipinski definition) is 2. The second-order valence-electron chi connectivity index (χ2n) is 14.2. The smallest absolute Gasteiger partial charge is 0.337 e. The first kappa shape index (κ1) is 33.8. The van der Waals surface area contributed by atoms with Crippen LogP contribution in [0.15, 0.2) is 121 Å². The number of nitrogens with zero attached hydrogens (tertiary/aromatic N) is 2. The summed E-state index contributed by atoms with van der Waals surface area (Å²) in [7, 11) is 1.40. The predicted octanol–water partition coefficient (Wildman–Crippen LogP) is 12.0. The van der Waals surface area contributed by atoms with Gasteiger partial charge in [0, 0.05) is 44.3 Å². The highest BCUT2D eigenvalue weighted by Gasteiger charge is 2.20. The van der Waals surface area contributed by atoms with Crippen molar-refractivity contribution in [1.29, 1.82) is 0 Å². The fourth-order valence-electron chi connectivity index (χ4n) is 7.47. The van der Waals surface area contributed by atoms with Gasteiger partial charge in [0.05, 0.1) is 35.4 Å². The summed E-state index contributed by atoms with van der Waals surface area (Å²) in [5.41, 5.74) is 19.2. The van der Waals surface area contributed by atoms with Crippen molar-refractivity contribution in [2.24, 2.45) is 0 Å². The average Bonchev–Trinajstić information content (AvgIpc) is 4.05. The van der Waals surface area contributed by atoms with Crippen LogP contribution >= 0.6 is 0 Å². The summed E-state index contributed by atoms with van der Waals surface area (Å²) in [5, 5.41) is 0. The minimum absolute atomic E-state index is 0.376. The lowest BCUT2D eigenvalue weighted by Crippen LogP contribution is -2.00. The number of methoxy groups -OCH3 is 1. The molecule has 5 heterocycles. The first-order valence-electron chi connectivity index (χ1n) is 18.4. The zero-order valence-corrected chi connectivity index (χ0v) is 31.1. The maximum Gasteiger partial charge on any atom is 0.337 e. The molecule has 9 rings (SSSR count). The summed E-state index contributed by atoms with van der Waals surface area (Å²) in [6.07, 6.45) is 8.43. The van der Waals surface area contributed by atoms with E-state index in [1.165, 1.54) is 23.8 Å². The molecule has 0 amide bonds. The van der Waals surface area contributed by atoms with E-state index in [0.717, 1.165) is 89.4 Å². The summed E-state index contributed by atoms with van der Waals surface area (Å²) in [6.45, 7) is 6.30. The highest BCUT2D eigenvalue weighted by molar-refractivity contribution is 6.00. The number of nitrogens with one attached hydrogen (secondary N) is 2. The number of aromatic nitrogens is 4. The maximum atomic E-state index is 12.4. The molecule has 2 N–H and O–H groups in total. The minimum atomic E-state index is -0.376. The Balaban J connectivity index is 1.44. The first-order valence-corrected chi connectivity index (χ1v) is 18.4. The van der Waals surface area contributed by atoms with Gasteiger partial charge in [0.2, 0.25) is 0 Å². The molecule has 0 aliphatic carbocycles. The number of aryl methyl sites for hydroxylation is 3. The minimum Gasteiger partial charge on any atom is -0.465 e. The highest BCUT2D eigenvalue weighted by Crippen LogP contribution is 2.38. The summed E-state index contributed by atoms with van der Waals surface area (Å²) in [6, 6.07) is 41.8. The predicted molar refractivity (Wildman–Crippen MR) is 226 cm³/mol. The van der Waals surface area contributed by atoms with Crippen molar-refractivity contribution in [3.63, 3.8) is 0 Å². The van der Waals surface area contributed by atoms with E-state index >= 15 is 0 Å². The Bertz CT molecular complexity index is 2710. The molecular formula is C49H38N4O2. The lowest BCUT2D eigenvalue weighted by molar-refractivity contribution is 0.0600. The third kappa shape index (κ3) is 6.28. The number of rotatable bonds is 5. The van der Waals surface area contributed by atoms with Crippen LogP contribution in [0.3, 0.4) is 0 Å². The van der Waals surface area contributed by atoms with Gasteiger partial charge in [0.25, 0.3) is 0 Å². The van der Waals surface area contributed by atoms with Crippen LogP contribution in [0.2, 0.25) is 0 Å². The van der Waals surface area contributed by atoms with Crippen LogP contribution in [0.1, 0.15) is 49.8 Å². The molecule has 266 valence electrons. The number of aromatic amines is 2. The average molecular weight is 715 g/mol. The van der Waals surface area contributed by atoms with Gasteiger partial charge in [-0.3, -0.25) is 0 Å². The summed E-state index contributed by atoms with van der Waals surface area (Å²) in [5.74, 6) is -0.376. The number of esters is 1. The molecule has 2 aliphatic heterocycles. The second kappa shape index (κ2) is 13.7. The van der Waals surface area contributed by atoms with Crippen LogP contribution in [0, 0.1) is 20.8 Å². The van der Waals surface area contributed by atoms with E-state index in [2.05, 4.69) is 152 Å². The number of hydrogen-bond acceptors (Lipinski definition) is 4. The molecule has 2 aliphatic rings. The number of H-pyrrole nitrogens is 2. The standard InChI is InChI=1S/C49H38N4O2/c1-29-5-11-32(12-6-29)45-37-21-23-39(50-37)46(33-13-7-30(2)8-14-33)41-25-27-43(52-41)48(35-17-19-36(20-18-35)49(54)55-4)44-28-26-42(53-44)47(40-24-22-38(45)51-40)34-15-9-31(3)10-16-34/h5-28,52-53H,1-4H3. The molecule has 8 bridgehead atoms. The Morgan fingerprint density at radius 1 is 0.418 bits per heavy atom. The van der Waals surface area contributed by atoms with E-state index in [-0.39, 0.29) is 5.97 Å². The van der Waals surface area contributed by atoms with Gasteiger partial charge in [-0.1, -0.05) is 102 Å². The fraction of sp³-hybridized carbons (Fsp3) is 0.0816. The van der Waals surface area contributed by atoms with Gasteiger partial charge >= 0.3 is 5.97 Å². The van der Waals surface area contributed by atoms with E-state index in [1.807, 2.05) is 24.3 Å². The van der Waals surface area contributed by atoms with Crippen LogP contribution in [0.4, 0.5) is 0 Å². The highest BCUT2D eigenvalue weighted by atomic mass is 16.5. The van der Waals surface area contributed by atoms with Crippen molar-refractivity contribution in [3.05, 3.63) is 166 Å². The molecule has 0 unspecified atom stereocenters. The van der Waals surface area contributed by atoms with E-state index in [1.54, 1.807) is 0 Å². The Kier molecular flexibility index (Phi) is 8.43. The summed E-state index contributed by atoms with van der Waals surface area (Å²) < 4.78 is 5.01. The molecule has 4 aromatic carbocycles. The number of ether oxygens (including phenoxy) is 1. The maximum absolute atomic E-state index is 12.4. The molecule has 0 fully saturated rings. The number of benzene rings is 4. The van der Waals surface area contributed by atoms with E-state index in [0.29, 0.717) is 5.56 Å². The molecule has 6 heteroatoms. The third-order valence-electron chi connectivity index (χ3n) is 10.4. The van der Waals surface area contributed by atoms with Crippen molar-refractivity contribution in [3.8, 4) is 44.5 Å². The normalized spacial score (nSPS) is 11.9. The van der Waals surface area contributed by atoms with Gasteiger partial charge in [-0.05, 0) is 104 Å². The molecule has 0 radical (unpaired) electrons. The molecule has 3 aromatic heterocycles. The largest absolute Gasteiger partial charge is 0.465 e. The molecule has 0 spiro atoms. The van der Waals surface area contributed by atoms with Crippen molar-refractivity contribution in [1.82, 2.24) is 19.9 Å². The molecule has 0 atom stereocenters. The van der Waals surface area contributed by atoms with Gasteiger partial charge in [0.1, 0.15) is 0 Å². The lowest BCUT2D eigenvalue weighted by Gasteiger charge is -2.08. The van der Waals surface area contributed by atoms with E-state index in [9.17, 15) is 4.79 Å². The van der Waals surface area contributed by atoms with Gasteiger partial charge in [0.15, 0.2) is 0 Å². The first-order chi connectivity index (χ1) is 26.8. The van der Waals surface area contributed by atoms with Gasteiger partial charge in [-0.2, -0.15) is 0 Å². The van der Waals surface area contributed by atoms with E-state index in [4.69, 9.17) is 14.7 Å². The fourth-order valence-corrected chi connectivity index (χ4v) is 7.47. The molecular weight excluding hydrogens is 677 g/mol. The van der Waals surface area contributed by atoms with Gasteiger partial charge in [-0.25, -0.2) is 14.8 Å². The summed E-state index contributed by atoms with van der Waals surface area (Å²) in [4.78, 5) is 30.8. The van der Waals surface area contributed by atoms with Crippen LogP contribution in [0.5, 0.6) is 0 Å². The van der Waals surface area contributed by atoms with Crippen molar-refractivity contribution >= 4 is 52.3 Å². The number of carbonyl (C=O) groups excluding carboxylic acids is 1. The van der Waals surface area contributed by atoms with Crippen LogP contribution in [0.25, 0.3) is 90.9 Å². The lowest BCUT2D eigenvalue weighted by atomic mass is 10.0. The SMILES string of the molecule is COC(=O)c1ccc(-c2c3ccc([nH]3)c(-c3ccc(C)cc3)c3nc(c(-c4ccc(C)cc4)c4nc(c(-c5ccc(C)cc5)c5ccc2[nH]5)C=C4)C=C3)cc1. The zero-order chi connectivity index (χ0) is 37.6. The van der Waals surface area contributed by atoms with Crippen LogP contribution in [-0.2, 0) is 4.74 Å². The molecule has 0 saturated carbocycles. The molecule has 7 aromatic rings. The Hall–Kier alpha value is -7.05. The Morgan fingerprint density at radius 2 is 0.727 bits per heavy atom. The third-order valence-corrected chi connectivity index (χ3v) is 10.4. The Labute approximate surface area is 319 Å². The van der Waals surface area contributed by atoms with Crippen LogP contribution < -0.4 is 0 Å². The molecule has 0 saturated heterocycles. The quantitative estimate of drug-likeness (QED) is 0.174. The monoisotopic (exact) mass is 714 g/mol. The van der Waals surface area contributed by atoms with Crippen LogP contribution in [-0.4, -0.2) is 33.0 Å². The molecule has 6 nitrogen and oxygen atoms in total. The van der Waals surface area contributed by atoms with Gasteiger partial charge < -0.3 is 14.7 Å². The molecule has 55 heavy (non-hydrogen) atoms. The van der Waals surface area contributed by atoms with Crippen molar-refractivity contribution < 1.29 is 9.53 Å². The Morgan fingerprint density at radius 3 is 1.11 bits per heavy atom. The van der Waals surface area contributed by atoms with Crippen molar-refractivity contribution in [2.75, 3.05) is 7.11 Å². The van der Waals surface area contributed by atoms with Gasteiger partial charge in [-0.15, -0.1) is 0 Å².